The molecule has 0 aromatic carbocycles. The normalized spacial score (nSPS) is 11.1. The van der Waals surface area contributed by atoms with Crippen molar-refractivity contribution in [3.8, 4) is 0 Å². The number of aryl methyl sites for hydroxylation is 2. The van der Waals surface area contributed by atoms with E-state index in [0.717, 1.165) is 22.3 Å². The molecule has 0 atom stereocenters. The lowest BCUT2D eigenvalue weighted by molar-refractivity contribution is 0.254. The van der Waals surface area contributed by atoms with Crippen molar-refractivity contribution in [3.63, 3.8) is 0 Å². The van der Waals surface area contributed by atoms with E-state index in [9.17, 15) is 4.79 Å². The number of pyridine rings is 2. The number of aromatic nitrogens is 4. The zero-order chi connectivity index (χ0) is 20.4. The van der Waals surface area contributed by atoms with Gasteiger partial charge in [0.25, 0.3) is 0 Å². The lowest BCUT2D eigenvalue weighted by Gasteiger charge is -2.13. The number of amides is 2. The summed E-state index contributed by atoms with van der Waals surface area (Å²) in [6.45, 7) is 6.17. The van der Waals surface area contributed by atoms with Gasteiger partial charge in [0, 0.05) is 18.1 Å². The third-order valence-corrected chi connectivity index (χ3v) is 4.63. The topological polar surface area (TPSA) is 96.8 Å². The molecular formula is C18H21Cl2N7O. The van der Waals surface area contributed by atoms with Crippen LogP contribution < -0.4 is 16.2 Å². The second-order valence-electron chi connectivity index (χ2n) is 6.67. The number of hydrazine groups is 1. The molecule has 0 saturated heterocycles. The third-order valence-electron chi connectivity index (χ3n) is 4.17. The highest BCUT2D eigenvalue weighted by Gasteiger charge is 2.16. The van der Waals surface area contributed by atoms with Crippen LogP contribution in [0, 0.1) is 6.92 Å². The average Bonchev–Trinajstić information content (AvgIpc) is 2.92. The smallest absolute Gasteiger partial charge is 0.306 e. The van der Waals surface area contributed by atoms with E-state index in [1.54, 1.807) is 10.7 Å². The van der Waals surface area contributed by atoms with Gasteiger partial charge in [-0.3, -0.25) is 15.5 Å². The number of alkyl halides is 1. The van der Waals surface area contributed by atoms with Crippen LogP contribution in [0.1, 0.15) is 36.7 Å². The summed E-state index contributed by atoms with van der Waals surface area (Å²) in [6, 6.07) is 4.63. The molecule has 10 heteroatoms. The summed E-state index contributed by atoms with van der Waals surface area (Å²) >= 11 is 11.7. The van der Waals surface area contributed by atoms with E-state index in [0.29, 0.717) is 17.2 Å². The fourth-order valence-electron chi connectivity index (χ4n) is 2.97. The van der Waals surface area contributed by atoms with E-state index in [2.05, 4.69) is 45.1 Å². The molecule has 0 aliphatic heterocycles. The van der Waals surface area contributed by atoms with Crippen molar-refractivity contribution in [1.82, 2.24) is 25.2 Å². The zero-order valence-electron chi connectivity index (χ0n) is 16.0. The minimum atomic E-state index is -0.475. The molecule has 0 spiro atoms. The van der Waals surface area contributed by atoms with Gasteiger partial charge >= 0.3 is 6.03 Å². The summed E-state index contributed by atoms with van der Waals surface area (Å²) in [5.41, 5.74) is 9.25. The number of hydrogen-bond donors (Lipinski definition) is 3. The van der Waals surface area contributed by atoms with E-state index >= 15 is 0 Å². The number of hydrogen-bond acceptors (Lipinski definition) is 5. The van der Waals surface area contributed by atoms with Gasteiger partial charge in [-0.15, -0.1) is 11.6 Å². The first-order chi connectivity index (χ1) is 13.3. The van der Waals surface area contributed by atoms with Crippen molar-refractivity contribution in [2.75, 3.05) is 10.7 Å². The molecule has 0 unspecified atom stereocenters. The number of carbonyl (C=O) groups excluding carboxylic acids is 1. The maximum Gasteiger partial charge on any atom is 0.337 e. The minimum absolute atomic E-state index is 0.196. The largest absolute Gasteiger partial charge is 0.337 e. The molecule has 0 bridgehead atoms. The van der Waals surface area contributed by atoms with Gasteiger partial charge in [-0.25, -0.2) is 14.8 Å². The first kappa shape index (κ1) is 20.2. The number of fused-ring (bicyclic) bond motifs is 1. The van der Waals surface area contributed by atoms with Gasteiger partial charge in [-0.2, -0.15) is 5.10 Å². The Hall–Kier alpha value is -2.58. The average molecular weight is 422 g/mol. The number of rotatable bonds is 5. The molecule has 28 heavy (non-hydrogen) atoms. The first-order valence-electron chi connectivity index (χ1n) is 8.68. The molecule has 0 saturated carbocycles. The Morgan fingerprint density at radius 3 is 2.68 bits per heavy atom. The Bertz CT molecular complexity index is 1030. The van der Waals surface area contributed by atoms with Gasteiger partial charge in [0.1, 0.15) is 11.0 Å². The molecule has 0 fully saturated rings. The number of urea groups is 1. The second kappa shape index (κ2) is 8.20. The Morgan fingerprint density at radius 2 is 2.00 bits per heavy atom. The molecule has 0 radical (unpaired) electrons. The molecule has 3 heterocycles. The monoisotopic (exact) mass is 421 g/mol. The van der Waals surface area contributed by atoms with Crippen LogP contribution in [0.25, 0.3) is 11.0 Å². The van der Waals surface area contributed by atoms with E-state index in [1.807, 2.05) is 20.0 Å². The van der Waals surface area contributed by atoms with Gasteiger partial charge in [0.05, 0.1) is 17.3 Å². The maximum absolute atomic E-state index is 12.2. The summed E-state index contributed by atoms with van der Waals surface area (Å²) in [5, 5.41) is 8.41. The van der Waals surface area contributed by atoms with Gasteiger partial charge in [-0.1, -0.05) is 25.4 Å². The van der Waals surface area contributed by atoms with Crippen molar-refractivity contribution >= 4 is 51.8 Å². The predicted molar refractivity (Wildman–Crippen MR) is 112 cm³/mol. The molecule has 0 aliphatic rings. The molecule has 8 nitrogen and oxygen atoms in total. The number of nitrogens with zero attached hydrogens (tertiary/aromatic N) is 4. The summed E-state index contributed by atoms with van der Waals surface area (Å²) in [7, 11) is 1.85. The molecule has 3 aromatic rings. The number of carbonyl (C=O) groups is 1. The van der Waals surface area contributed by atoms with Crippen molar-refractivity contribution in [2.24, 2.45) is 7.05 Å². The van der Waals surface area contributed by atoms with Gasteiger partial charge in [0.15, 0.2) is 5.65 Å². The number of halogens is 2. The Morgan fingerprint density at radius 1 is 1.25 bits per heavy atom. The molecule has 148 valence electrons. The van der Waals surface area contributed by atoms with Crippen LogP contribution >= 0.6 is 23.2 Å². The van der Waals surface area contributed by atoms with E-state index in [-0.39, 0.29) is 17.0 Å². The lowest BCUT2D eigenvalue weighted by atomic mass is 10.00. The van der Waals surface area contributed by atoms with Gasteiger partial charge in [0.2, 0.25) is 0 Å². The minimum Gasteiger partial charge on any atom is -0.306 e. The third kappa shape index (κ3) is 4.28. The van der Waals surface area contributed by atoms with Gasteiger partial charge in [-0.05, 0) is 36.6 Å². The van der Waals surface area contributed by atoms with Crippen LogP contribution in [-0.4, -0.2) is 25.8 Å². The number of nitrogens with one attached hydrogen (secondary N) is 3. The van der Waals surface area contributed by atoms with Crippen molar-refractivity contribution in [2.45, 2.75) is 32.6 Å². The van der Waals surface area contributed by atoms with Crippen LogP contribution in [0.2, 0.25) is 5.15 Å². The molecule has 0 aliphatic carbocycles. The highest BCUT2D eigenvalue weighted by molar-refractivity contribution is 6.29. The van der Waals surface area contributed by atoms with Crippen molar-refractivity contribution in [3.05, 3.63) is 40.3 Å². The number of anilines is 2. The van der Waals surface area contributed by atoms with Crippen LogP contribution in [-0.2, 0) is 12.9 Å². The molecule has 3 N–H and O–H groups in total. The highest BCUT2D eigenvalue weighted by atomic mass is 35.5. The van der Waals surface area contributed by atoms with Crippen LogP contribution in [0.15, 0.2) is 18.2 Å². The van der Waals surface area contributed by atoms with E-state index in [4.69, 9.17) is 23.2 Å². The van der Waals surface area contributed by atoms with Crippen LogP contribution in [0.4, 0.5) is 16.3 Å². The quantitative estimate of drug-likeness (QED) is 0.323. The van der Waals surface area contributed by atoms with E-state index in [1.165, 1.54) is 6.07 Å². The van der Waals surface area contributed by atoms with Crippen molar-refractivity contribution in [1.29, 1.82) is 0 Å². The Balaban J connectivity index is 1.77. The fourth-order valence-corrected chi connectivity index (χ4v) is 3.34. The fraction of sp³-hybridized carbons (Fsp3) is 0.333. The maximum atomic E-state index is 12.2. The molecular weight excluding hydrogens is 401 g/mol. The summed E-state index contributed by atoms with van der Waals surface area (Å²) in [6.07, 6.45) is 0. The summed E-state index contributed by atoms with van der Waals surface area (Å²) in [5.74, 6) is 0.987. The SMILES string of the molecule is Cc1nn(C)c2nc(NNC(=O)Nc3cc(Cl)nc(CCl)c3)cc(C(C)C)c12. The highest BCUT2D eigenvalue weighted by Crippen LogP contribution is 2.29. The van der Waals surface area contributed by atoms with Crippen LogP contribution in [0.3, 0.4) is 0 Å². The predicted octanol–water partition coefficient (Wildman–Crippen LogP) is 4.34. The summed E-state index contributed by atoms with van der Waals surface area (Å²) in [4.78, 5) is 20.8. The van der Waals surface area contributed by atoms with E-state index < -0.39 is 6.03 Å². The first-order valence-corrected chi connectivity index (χ1v) is 9.59. The lowest BCUT2D eigenvalue weighted by Crippen LogP contribution is -2.34. The Kier molecular flexibility index (Phi) is 5.90. The molecule has 3 aromatic heterocycles. The molecule has 2 amide bonds. The standard InChI is InChI=1S/C18H21Cl2N7O/c1-9(2)13-7-15(23-17-16(13)10(3)26-27(17)4)24-25-18(28)22-11-5-12(8-19)21-14(20)6-11/h5-7,9H,8H2,1-4H3,(H,23,24)(H2,21,22,25,28). The summed E-state index contributed by atoms with van der Waals surface area (Å²) < 4.78 is 1.73. The molecule has 3 rings (SSSR count). The van der Waals surface area contributed by atoms with Crippen molar-refractivity contribution < 1.29 is 4.79 Å². The second-order valence-corrected chi connectivity index (χ2v) is 7.32. The Labute approximate surface area is 172 Å². The van der Waals surface area contributed by atoms with Crippen LogP contribution in [0.5, 0.6) is 0 Å². The van der Waals surface area contributed by atoms with Gasteiger partial charge < -0.3 is 5.32 Å². The zero-order valence-corrected chi connectivity index (χ0v) is 17.5.